The van der Waals surface area contributed by atoms with Crippen LogP contribution < -0.4 is 5.32 Å². The van der Waals surface area contributed by atoms with Gasteiger partial charge in [-0.25, -0.2) is 0 Å². The Morgan fingerprint density at radius 3 is 2.20 bits per heavy atom. The molecule has 0 aliphatic carbocycles. The highest BCUT2D eigenvalue weighted by atomic mass is 16.3. The lowest BCUT2D eigenvalue weighted by molar-refractivity contribution is -0.000341. The first kappa shape index (κ1) is 27.8. The first-order chi connectivity index (χ1) is 16.7. The minimum Gasteiger partial charge on any atom is -0.508 e. The van der Waals surface area contributed by atoms with E-state index in [9.17, 15) is 24.9 Å². The van der Waals surface area contributed by atoms with Gasteiger partial charge in [-0.2, -0.15) is 5.26 Å². The van der Waals surface area contributed by atoms with Gasteiger partial charge in [-0.15, -0.1) is 0 Å². The Morgan fingerprint density at radius 1 is 1.03 bits per heavy atom. The number of rotatable bonds is 12. The number of aryl methyl sites for hydroxylation is 1. The monoisotopic (exact) mass is 481 g/mol. The highest BCUT2D eigenvalue weighted by Crippen LogP contribution is 2.17. The van der Waals surface area contributed by atoms with Gasteiger partial charge in [0.15, 0.2) is 0 Å². The van der Waals surface area contributed by atoms with E-state index >= 15 is 0 Å². The summed E-state index contributed by atoms with van der Waals surface area (Å²) >= 11 is 0. The minimum atomic E-state index is -1.40. The molecule has 4 N–H and O–H groups in total. The number of aromatic hydroxyl groups is 1. The van der Waals surface area contributed by atoms with E-state index in [-0.39, 0.29) is 30.1 Å². The van der Waals surface area contributed by atoms with E-state index in [1.165, 1.54) is 12.1 Å². The van der Waals surface area contributed by atoms with Crippen molar-refractivity contribution in [3.63, 3.8) is 0 Å². The summed E-state index contributed by atoms with van der Waals surface area (Å²) in [6.45, 7) is 7.06. The molecule has 0 aromatic heterocycles. The number of benzene rings is 2. The number of aliphatic hydroxyl groups is 2. The third-order valence-corrected chi connectivity index (χ3v) is 5.68. The van der Waals surface area contributed by atoms with Crippen molar-refractivity contribution in [3.05, 3.63) is 64.7 Å². The predicted molar refractivity (Wildman–Crippen MR) is 133 cm³/mol. The van der Waals surface area contributed by atoms with E-state index in [1.807, 2.05) is 19.9 Å². The molecule has 0 saturated carbocycles. The molecule has 3 atom stereocenters. The molecule has 2 aromatic rings. The molecule has 0 fully saturated rings. The second kappa shape index (κ2) is 13.5. The summed E-state index contributed by atoms with van der Waals surface area (Å²) in [7, 11) is 0. The number of hydrogen-bond acceptors (Lipinski definition) is 6. The number of carbonyl (C=O) groups excluding carboxylic acids is 2. The first-order valence-corrected chi connectivity index (χ1v) is 11.9. The third-order valence-electron chi connectivity index (χ3n) is 5.68. The van der Waals surface area contributed by atoms with Crippen LogP contribution in [0.4, 0.5) is 0 Å². The van der Waals surface area contributed by atoms with Gasteiger partial charge in [0.05, 0.1) is 24.6 Å². The van der Waals surface area contributed by atoms with Gasteiger partial charge in [0.25, 0.3) is 11.8 Å². The van der Waals surface area contributed by atoms with Crippen LogP contribution in [0.3, 0.4) is 0 Å². The summed E-state index contributed by atoms with van der Waals surface area (Å²) in [4.78, 5) is 28.1. The van der Waals surface area contributed by atoms with Crippen LogP contribution in [0.5, 0.6) is 5.75 Å². The van der Waals surface area contributed by atoms with Crippen LogP contribution in [-0.4, -0.2) is 63.4 Å². The van der Waals surface area contributed by atoms with Crippen molar-refractivity contribution in [3.8, 4) is 11.8 Å². The van der Waals surface area contributed by atoms with Crippen molar-refractivity contribution in [1.29, 1.82) is 5.26 Å². The smallest absolute Gasteiger partial charge is 0.253 e. The van der Waals surface area contributed by atoms with E-state index in [4.69, 9.17) is 5.26 Å². The SMILES string of the molecule is CCCN(CCC)C(=O)c1cc(C)cc(C(=O)NC(Cc2ccc(O)cc2)C(O)C(O)CC#N)c1. The van der Waals surface area contributed by atoms with Crippen LogP contribution in [0.25, 0.3) is 0 Å². The minimum absolute atomic E-state index is 0.0801. The summed E-state index contributed by atoms with van der Waals surface area (Å²) in [6.07, 6.45) is -1.23. The summed E-state index contributed by atoms with van der Waals surface area (Å²) in [6, 6.07) is 12.1. The van der Waals surface area contributed by atoms with Gasteiger partial charge < -0.3 is 25.5 Å². The molecule has 0 heterocycles. The second-order valence-electron chi connectivity index (χ2n) is 8.75. The lowest BCUT2D eigenvalue weighted by atomic mass is 9.95. The zero-order valence-electron chi connectivity index (χ0n) is 20.6. The van der Waals surface area contributed by atoms with Crippen molar-refractivity contribution in [2.24, 2.45) is 0 Å². The molecule has 0 saturated heterocycles. The number of hydrogen-bond donors (Lipinski definition) is 4. The Morgan fingerprint density at radius 2 is 1.63 bits per heavy atom. The topological polar surface area (TPSA) is 134 Å². The van der Waals surface area contributed by atoms with E-state index in [0.29, 0.717) is 24.2 Å². The molecule has 0 bridgehead atoms. The molecule has 2 aromatic carbocycles. The largest absolute Gasteiger partial charge is 0.508 e. The number of nitriles is 1. The van der Waals surface area contributed by atoms with E-state index in [0.717, 1.165) is 18.4 Å². The number of aliphatic hydroxyl groups excluding tert-OH is 2. The predicted octanol–water partition coefficient (Wildman–Crippen LogP) is 2.94. The zero-order valence-corrected chi connectivity index (χ0v) is 20.6. The van der Waals surface area contributed by atoms with E-state index < -0.39 is 24.2 Å². The van der Waals surface area contributed by atoms with Crippen LogP contribution in [0.15, 0.2) is 42.5 Å². The summed E-state index contributed by atoms with van der Waals surface area (Å²) in [5, 5.41) is 42.1. The molecule has 35 heavy (non-hydrogen) atoms. The van der Waals surface area contributed by atoms with Crippen molar-refractivity contribution in [2.45, 2.75) is 64.7 Å². The van der Waals surface area contributed by atoms with Gasteiger partial charge in [0.1, 0.15) is 11.9 Å². The quantitative estimate of drug-likeness (QED) is 0.368. The van der Waals surface area contributed by atoms with Gasteiger partial charge in [0.2, 0.25) is 0 Å². The second-order valence-corrected chi connectivity index (χ2v) is 8.75. The molecular weight excluding hydrogens is 446 g/mol. The molecular formula is C27H35N3O5. The normalized spacial score (nSPS) is 13.4. The Balaban J connectivity index is 2.31. The Kier molecular flexibility index (Phi) is 10.7. The fraction of sp³-hybridized carbons (Fsp3) is 0.444. The molecule has 0 spiro atoms. The molecule has 3 unspecified atom stereocenters. The van der Waals surface area contributed by atoms with E-state index in [2.05, 4.69) is 5.32 Å². The first-order valence-electron chi connectivity index (χ1n) is 11.9. The number of phenols is 1. The maximum atomic E-state index is 13.2. The molecule has 188 valence electrons. The summed E-state index contributed by atoms with van der Waals surface area (Å²) in [5.41, 5.74) is 2.14. The average molecular weight is 482 g/mol. The Bertz CT molecular complexity index is 1030. The molecule has 8 nitrogen and oxygen atoms in total. The average Bonchev–Trinajstić information content (AvgIpc) is 2.83. The number of phenolic OH excluding ortho intramolecular Hbond substituents is 1. The summed E-state index contributed by atoms with van der Waals surface area (Å²) < 4.78 is 0. The van der Waals surface area contributed by atoms with Crippen LogP contribution in [0.2, 0.25) is 0 Å². The maximum Gasteiger partial charge on any atom is 0.253 e. The fourth-order valence-electron chi connectivity index (χ4n) is 3.95. The lowest BCUT2D eigenvalue weighted by Gasteiger charge is -2.27. The zero-order chi connectivity index (χ0) is 26.0. The Labute approximate surface area is 206 Å². The van der Waals surface area contributed by atoms with Gasteiger partial charge in [-0.1, -0.05) is 26.0 Å². The highest BCUT2D eigenvalue weighted by Gasteiger charge is 2.29. The number of amides is 2. The van der Waals surface area contributed by atoms with Gasteiger partial charge in [0, 0.05) is 24.2 Å². The van der Waals surface area contributed by atoms with Crippen molar-refractivity contribution < 1.29 is 24.9 Å². The van der Waals surface area contributed by atoms with Crippen molar-refractivity contribution >= 4 is 11.8 Å². The molecule has 2 amide bonds. The van der Waals surface area contributed by atoms with Gasteiger partial charge in [-0.05, 0) is 67.6 Å². The number of carbonyl (C=O) groups is 2. The highest BCUT2D eigenvalue weighted by molar-refractivity contribution is 6.00. The maximum absolute atomic E-state index is 13.2. The van der Waals surface area contributed by atoms with Crippen LogP contribution >= 0.6 is 0 Å². The Hall–Kier alpha value is -3.41. The molecule has 0 aliphatic rings. The molecule has 0 aliphatic heterocycles. The molecule has 2 rings (SSSR count). The van der Waals surface area contributed by atoms with Crippen LogP contribution in [0, 0.1) is 18.3 Å². The fourth-order valence-corrected chi connectivity index (χ4v) is 3.95. The van der Waals surface area contributed by atoms with Gasteiger partial charge in [-0.3, -0.25) is 9.59 Å². The van der Waals surface area contributed by atoms with Gasteiger partial charge >= 0.3 is 0 Å². The van der Waals surface area contributed by atoms with E-state index in [1.54, 1.807) is 42.2 Å². The van der Waals surface area contributed by atoms with Crippen molar-refractivity contribution in [2.75, 3.05) is 13.1 Å². The number of nitrogens with zero attached hydrogens (tertiary/aromatic N) is 2. The standard InChI is InChI=1S/C27H35N3O5/c1-4-12-30(13-5-2)27(35)21-15-18(3)14-20(17-21)26(34)29-23(25(33)24(32)10-11-28)16-19-6-8-22(31)9-7-19/h6-9,14-15,17,23-25,31-33H,4-5,10,12-13,16H2,1-3H3,(H,29,34). The third kappa shape index (κ3) is 8.09. The number of nitrogens with one attached hydrogen (secondary N) is 1. The lowest BCUT2D eigenvalue weighted by Crippen LogP contribution is -2.49. The van der Waals surface area contributed by atoms with Crippen LogP contribution in [0.1, 0.15) is 65.0 Å². The molecule has 8 heteroatoms. The molecule has 0 radical (unpaired) electrons. The van der Waals surface area contributed by atoms with Crippen molar-refractivity contribution in [1.82, 2.24) is 10.2 Å². The summed E-state index contributed by atoms with van der Waals surface area (Å²) in [5.74, 6) is -0.569. The van der Waals surface area contributed by atoms with Crippen LogP contribution in [-0.2, 0) is 6.42 Å².